The normalized spacial score (nSPS) is 15.8. The molecule has 0 radical (unpaired) electrons. The van der Waals surface area contributed by atoms with Crippen molar-refractivity contribution in [1.29, 1.82) is 0 Å². The maximum Gasteiger partial charge on any atom is 0.258 e. The maximum absolute atomic E-state index is 12.2. The number of aromatic nitrogens is 3. The van der Waals surface area contributed by atoms with Crippen LogP contribution in [0.4, 0.5) is 0 Å². The van der Waals surface area contributed by atoms with Crippen molar-refractivity contribution in [2.24, 2.45) is 0 Å². The Labute approximate surface area is 164 Å². The van der Waals surface area contributed by atoms with Crippen molar-refractivity contribution >= 4 is 10.9 Å². The molecule has 0 unspecified atom stereocenters. The Kier molecular flexibility index (Phi) is 5.64. The van der Waals surface area contributed by atoms with E-state index in [1.165, 1.54) is 5.56 Å². The summed E-state index contributed by atoms with van der Waals surface area (Å²) in [4.78, 5) is 28.8. The maximum atomic E-state index is 12.2. The Hall–Kier alpha value is -2.77. The van der Waals surface area contributed by atoms with Crippen LogP contribution < -0.4 is 10.3 Å². The smallest absolute Gasteiger partial charge is 0.258 e. The summed E-state index contributed by atoms with van der Waals surface area (Å²) < 4.78 is 5.53. The number of H-pyrrole nitrogens is 1. The molecule has 146 valence electrons. The van der Waals surface area contributed by atoms with E-state index in [-0.39, 0.29) is 5.56 Å². The number of pyridine rings is 1. The molecular formula is C21H25N5O2. The van der Waals surface area contributed by atoms with Crippen molar-refractivity contribution < 1.29 is 4.74 Å². The van der Waals surface area contributed by atoms with Gasteiger partial charge in [-0.05, 0) is 30.7 Å². The molecule has 7 heteroatoms. The highest BCUT2D eigenvalue weighted by Gasteiger charge is 2.18. The van der Waals surface area contributed by atoms with E-state index in [1.54, 1.807) is 12.3 Å². The SMILES string of the molecule is CCOc1cncc(CN2CCN(Cc3nc4ccccc4c(=O)[nH]3)CC2)c1. The number of nitrogens with one attached hydrogen (secondary N) is 1. The third-order valence-corrected chi connectivity index (χ3v) is 4.99. The second-order valence-corrected chi connectivity index (χ2v) is 7.04. The third kappa shape index (κ3) is 4.37. The zero-order valence-corrected chi connectivity index (χ0v) is 16.1. The first-order chi connectivity index (χ1) is 13.7. The molecule has 0 bridgehead atoms. The number of rotatable bonds is 6. The number of fused-ring (bicyclic) bond motifs is 1. The molecule has 2 aromatic heterocycles. The molecule has 1 fully saturated rings. The Morgan fingerprint density at radius 2 is 1.82 bits per heavy atom. The van der Waals surface area contributed by atoms with Gasteiger partial charge in [-0.2, -0.15) is 0 Å². The fourth-order valence-corrected chi connectivity index (χ4v) is 3.58. The van der Waals surface area contributed by atoms with Crippen LogP contribution in [0.1, 0.15) is 18.3 Å². The zero-order chi connectivity index (χ0) is 19.3. The summed E-state index contributed by atoms with van der Waals surface area (Å²) in [5.41, 5.74) is 1.85. The molecule has 1 aromatic carbocycles. The Bertz CT molecular complexity index is 995. The molecule has 3 aromatic rings. The molecule has 1 N–H and O–H groups in total. The molecular weight excluding hydrogens is 354 g/mol. The van der Waals surface area contributed by atoms with Crippen LogP contribution in [0.25, 0.3) is 10.9 Å². The summed E-state index contributed by atoms with van der Waals surface area (Å²) in [5.74, 6) is 1.55. The van der Waals surface area contributed by atoms with E-state index in [0.29, 0.717) is 18.5 Å². The van der Waals surface area contributed by atoms with E-state index in [2.05, 4.69) is 30.8 Å². The van der Waals surface area contributed by atoms with Gasteiger partial charge < -0.3 is 9.72 Å². The number of nitrogens with zero attached hydrogens (tertiary/aromatic N) is 4. The standard InChI is InChI=1S/C21H25N5O2/c1-2-28-17-11-16(12-22-13-17)14-25-7-9-26(10-8-25)15-20-23-19-6-4-3-5-18(19)21(27)24-20/h3-6,11-13H,2,7-10,14-15H2,1H3,(H,23,24,27). The minimum Gasteiger partial charge on any atom is -0.492 e. The topological polar surface area (TPSA) is 74.3 Å². The van der Waals surface area contributed by atoms with Crippen molar-refractivity contribution in [3.63, 3.8) is 0 Å². The van der Waals surface area contributed by atoms with Crippen LogP contribution in [0.15, 0.2) is 47.5 Å². The predicted octanol–water partition coefficient (Wildman–Crippen LogP) is 2.03. The number of para-hydroxylation sites is 1. The van der Waals surface area contributed by atoms with E-state index < -0.39 is 0 Å². The molecule has 4 rings (SSSR count). The fourth-order valence-electron chi connectivity index (χ4n) is 3.58. The lowest BCUT2D eigenvalue weighted by Crippen LogP contribution is -2.45. The predicted molar refractivity (Wildman–Crippen MR) is 108 cm³/mol. The van der Waals surface area contributed by atoms with Crippen LogP contribution >= 0.6 is 0 Å². The molecule has 28 heavy (non-hydrogen) atoms. The van der Waals surface area contributed by atoms with E-state index in [4.69, 9.17) is 4.74 Å². The van der Waals surface area contributed by atoms with Crippen LogP contribution in [-0.2, 0) is 13.1 Å². The second-order valence-electron chi connectivity index (χ2n) is 7.04. The molecule has 1 saturated heterocycles. The molecule has 0 amide bonds. The average Bonchev–Trinajstić information content (AvgIpc) is 2.70. The third-order valence-electron chi connectivity index (χ3n) is 4.99. The number of piperazine rings is 1. The zero-order valence-electron chi connectivity index (χ0n) is 16.1. The largest absolute Gasteiger partial charge is 0.492 e. The first-order valence-electron chi connectivity index (χ1n) is 9.70. The fraction of sp³-hybridized carbons (Fsp3) is 0.381. The minimum atomic E-state index is -0.0686. The van der Waals surface area contributed by atoms with Crippen molar-refractivity contribution in [2.45, 2.75) is 20.0 Å². The average molecular weight is 379 g/mol. The number of hydrogen-bond acceptors (Lipinski definition) is 6. The van der Waals surface area contributed by atoms with Gasteiger partial charge in [-0.1, -0.05) is 12.1 Å². The van der Waals surface area contributed by atoms with E-state index in [1.807, 2.05) is 31.3 Å². The summed E-state index contributed by atoms with van der Waals surface area (Å²) in [6.07, 6.45) is 3.65. The Morgan fingerprint density at radius 3 is 2.61 bits per heavy atom. The minimum absolute atomic E-state index is 0.0686. The number of hydrogen-bond donors (Lipinski definition) is 1. The molecule has 1 aliphatic heterocycles. The summed E-state index contributed by atoms with van der Waals surface area (Å²) in [5, 5.41) is 0.638. The monoisotopic (exact) mass is 379 g/mol. The molecule has 3 heterocycles. The van der Waals surface area contributed by atoms with Gasteiger partial charge >= 0.3 is 0 Å². The van der Waals surface area contributed by atoms with Crippen LogP contribution in [0.2, 0.25) is 0 Å². The van der Waals surface area contributed by atoms with E-state index in [9.17, 15) is 4.79 Å². The van der Waals surface area contributed by atoms with Crippen molar-refractivity contribution in [3.8, 4) is 5.75 Å². The van der Waals surface area contributed by atoms with Crippen LogP contribution in [0.3, 0.4) is 0 Å². The van der Waals surface area contributed by atoms with Crippen LogP contribution in [0, 0.1) is 0 Å². The lowest BCUT2D eigenvalue weighted by molar-refractivity contribution is 0.119. The van der Waals surface area contributed by atoms with Gasteiger partial charge in [-0.25, -0.2) is 4.98 Å². The van der Waals surface area contributed by atoms with E-state index >= 15 is 0 Å². The number of benzene rings is 1. The lowest BCUT2D eigenvalue weighted by Gasteiger charge is -2.34. The van der Waals surface area contributed by atoms with Crippen molar-refractivity contribution in [3.05, 3.63) is 64.5 Å². The van der Waals surface area contributed by atoms with Gasteiger partial charge in [0.2, 0.25) is 0 Å². The number of aromatic amines is 1. The highest BCUT2D eigenvalue weighted by molar-refractivity contribution is 5.77. The van der Waals surface area contributed by atoms with Gasteiger partial charge in [0.1, 0.15) is 11.6 Å². The highest BCUT2D eigenvalue weighted by atomic mass is 16.5. The molecule has 0 atom stereocenters. The van der Waals surface area contributed by atoms with Gasteiger partial charge in [0.05, 0.1) is 30.3 Å². The lowest BCUT2D eigenvalue weighted by atomic mass is 10.2. The molecule has 7 nitrogen and oxygen atoms in total. The second kappa shape index (κ2) is 8.50. The van der Waals surface area contributed by atoms with Gasteiger partial charge in [0, 0.05) is 38.9 Å². The summed E-state index contributed by atoms with van der Waals surface area (Å²) in [6.45, 7) is 7.97. The van der Waals surface area contributed by atoms with Crippen LogP contribution in [0.5, 0.6) is 5.75 Å². The molecule has 0 saturated carbocycles. The molecule has 0 spiro atoms. The van der Waals surface area contributed by atoms with Gasteiger partial charge in [-0.15, -0.1) is 0 Å². The summed E-state index contributed by atoms with van der Waals surface area (Å²) >= 11 is 0. The Balaban J connectivity index is 1.34. The first kappa shape index (κ1) is 18.6. The van der Waals surface area contributed by atoms with Gasteiger partial charge in [-0.3, -0.25) is 19.6 Å². The van der Waals surface area contributed by atoms with Crippen molar-refractivity contribution in [2.75, 3.05) is 32.8 Å². The van der Waals surface area contributed by atoms with E-state index in [0.717, 1.165) is 49.8 Å². The Morgan fingerprint density at radius 1 is 1.07 bits per heavy atom. The summed E-state index contributed by atoms with van der Waals surface area (Å²) in [6, 6.07) is 9.52. The quantitative estimate of drug-likeness (QED) is 0.706. The molecule has 0 aliphatic carbocycles. The first-order valence-corrected chi connectivity index (χ1v) is 9.70. The van der Waals surface area contributed by atoms with Gasteiger partial charge in [0.25, 0.3) is 5.56 Å². The van der Waals surface area contributed by atoms with Crippen molar-refractivity contribution in [1.82, 2.24) is 24.8 Å². The van der Waals surface area contributed by atoms with Crippen LogP contribution in [-0.4, -0.2) is 57.5 Å². The summed E-state index contributed by atoms with van der Waals surface area (Å²) in [7, 11) is 0. The highest BCUT2D eigenvalue weighted by Crippen LogP contribution is 2.15. The number of ether oxygens (including phenoxy) is 1. The van der Waals surface area contributed by atoms with Gasteiger partial charge in [0.15, 0.2) is 0 Å². The molecule has 1 aliphatic rings.